The second-order valence-corrected chi connectivity index (χ2v) is 11.9. The Balaban J connectivity index is 1.93. The average molecular weight is 373 g/mol. The fourth-order valence-corrected chi connectivity index (χ4v) is 6.94. The molecule has 0 radical (unpaired) electrons. The molecule has 28 heavy (non-hydrogen) atoms. The lowest BCUT2D eigenvalue weighted by Crippen LogP contribution is -2.18. The molecule has 0 bridgehead atoms. The Hall–Kier alpha value is -1.96. The number of rotatable bonds is 0. The SMILES string of the molecule is CC1(C)CC(C)(C)c2c1cnc1cc3ncc4c(c3cc21)C(C)(C)CC4(C)C. The fraction of sp³-hybridized carbons (Fsp3) is 0.538. The van der Waals surface area contributed by atoms with Gasteiger partial charge in [-0.2, -0.15) is 0 Å². The summed E-state index contributed by atoms with van der Waals surface area (Å²) in [6, 6.07) is 4.64. The van der Waals surface area contributed by atoms with E-state index in [2.05, 4.69) is 79.9 Å². The average Bonchev–Trinajstić information content (AvgIpc) is 2.87. The van der Waals surface area contributed by atoms with Crippen LogP contribution in [0.2, 0.25) is 0 Å². The van der Waals surface area contributed by atoms with Crippen LogP contribution in [0.3, 0.4) is 0 Å². The van der Waals surface area contributed by atoms with Gasteiger partial charge in [-0.3, -0.25) is 9.97 Å². The minimum Gasteiger partial charge on any atom is -0.256 e. The molecule has 0 saturated carbocycles. The smallest absolute Gasteiger partial charge is 0.0727 e. The molecule has 2 aliphatic rings. The van der Waals surface area contributed by atoms with E-state index >= 15 is 0 Å². The molecule has 1 aromatic carbocycles. The predicted octanol–water partition coefficient (Wildman–Crippen LogP) is 6.70. The molecule has 0 fully saturated rings. The van der Waals surface area contributed by atoms with E-state index in [-0.39, 0.29) is 21.7 Å². The molecule has 2 nitrogen and oxygen atoms in total. The predicted molar refractivity (Wildman–Crippen MR) is 118 cm³/mol. The first-order chi connectivity index (χ1) is 12.8. The van der Waals surface area contributed by atoms with E-state index in [0.717, 1.165) is 23.9 Å². The van der Waals surface area contributed by atoms with Crippen molar-refractivity contribution in [1.29, 1.82) is 0 Å². The molecule has 0 amide bonds. The minimum atomic E-state index is 0.161. The van der Waals surface area contributed by atoms with Crippen molar-refractivity contribution in [3.8, 4) is 0 Å². The third kappa shape index (κ3) is 2.21. The number of aromatic nitrogens is 2. The Morgan fingerprint density at radius 3 is 1.36 bits per heavy atom. The van der Waals surface area contributed by atoms with Gasteiger partial charge in [0.05, 0.1) is 11.0 Å². The van der Waals surface area contributed by atoms with Gasteiger partial charge in [-0.05, 0) is 68.9 Å². The quantitative estimate of drug-likeness (QED) is 0.410. The lowest BCUT2D eigenvalue weighted by molar-refractivity contribution is 0.403. The molecule has 0 spiro atoms. The highest BCUT2D eigenvalue weighted by Gasteiger charge is 2.45. The summed E-state index contributed by atoms with van der Waals surface area (Å²) in [5, 5.41) is 2.66. The second kappa shape index (κ2) is 4.96. The van der Waals surface area contributed by atoms with Crippen LogP contribution in [0.4, 0.5) is 0 Å². The molecule has 0 N–H and O–H groups in total. The van der Waals surface area contributed by atoms with Gasteiger partial charge >= 0.3 is 0 Å². The lowest BCUT2D eigenvalue weighted by Gasteiger charge is -2.24. The summed E-state index contributed by atoms with van der Waals surface area (Å²) in [4.78, 5) is 9.77. The monoisotopic (exact) mass is 372 g/mol. The molecule has 2 heterocycles. The highest BCUT2D eigenvalue weighted by molar-refractivity contribution is 6.00. The summed E-state index contributed by atoms with van der Waals surface area (Å²) in [7, 11) is 0. The summed E-state index contributed by atoms with van der Waals surface area (Å²) >= 11 is 0. The normalized spacial score (nSPS) is 23.1. The van der Waals surface area contributed by atoms with Gasteiger partial charge in [0.15, 0.2) is 0 Å². The van der Waals surface area contributed by atoms with Gasteiger partial charge in [0.25, 0.3) is 0 Å². The van der Waals surface area contributed by atoms with Gasteiger partial charge in [0.2, 0.25) is 0 Å². The first kappa shape index (κ1) is 18.1. The van der Waals surface area contributed by atoms with Crippen LogP contribution in [0.25, 0.3) is 21.8 Å². The van der Waals surface area contributed by atoms with E-state index in [4.69, 9.17) is 9.97 Å². The zero-order valence-electron chi connectivity index (χ0n) is 18.6. The molecule has 2 aromatic heterocycles. The first-order valence-corrected chi connectivity index (χ1v) is 10.6. The zero-order chi connectivity index (χ0) is 20.3. The van der Waals surface area contributed by atoms with Crippen LogP contribution < -0.4 is 0 Å². The molecule has 5 rings (SSSR count). The van der Waals surface area contributed by atoms with E-state index in [1.807, 2.05) is 0 Å². The maximum atomic E-state index is 4.88. The van der Waals surface area contributed by atoms with Gasteiger partial charge in [0.1, 0.15) is 0 Å². The summed E-state index contributed by atoms with van der Waals surface area (Å²) in [5.41, 5.74) is 8.67. The molecule has 3 aromatic rings. The van der Waals surface area contributed by atoms with Crippen molar-refractivity contribution in [3.63, 3.8) is 0 Å². The van der Waals surface area contributed by atoms with Crippen LogP contribution >= 0.6 is 0 Å². The molecular weight excluding hydrogens is 340 g/mol. The van der Waals surface area contributed by atoms with Crippen molar-refractivity contribution in [3.05, 3.63) is 46.8 Å². The topological polar surface area (TPSA) is 25.8 Å². The molecule has 0 atom stereocenters. The molecule has 2 aliphatic carbocycles. The minimum absolute atomic E-state index is 0.161. The number of benzene rings is 1. The van der Waals surface area contributed by atoms with Crippen LogP contribution in [-0.2, 0) is 21.7 Å². The van der Waals surface area contributed by atoms with Crippen molar-refractivity contribution in [1.82, 2.24) is 9.97 Å². The van der Waals surface area contributed by atoms with Crippen LogP contribution in [0.15, 0.2) is 24.5 Å². The maximum absolute atomic E-state index is 4.88. The lowest BCUT2D eigenvalue weighted by atomic mass is 9.80. The van der Waals surface area contributed by atoms with Crippen LogP contribution in [0, 0.1) is 0 Å². The van der Waals surface area contributed by atoms with Crippen molar-refractivity contribution in [2.45, 2.75) is 89.9 Å². The van der Waals surface area contributed by atoms with Crippen molar-refractivity contribution in [2.24, 2.45) is 0 Å². The summed E-state index contributed by atoms with van der Waals surface area (Å²) in [5.74, 6) is 0. The van der Waals surface area contributed by atoms with Gasteiger partial charge in [-0.1, -0.05) is 55.4 Å². The molecular formula is C26H32N2. The third-order valence-electron chi connectivity index (χ3n) is 7.44. The largest absolute Gasteiger partial charge is 0.256 e. The van der Waals surface area contributed by atoms with E-state index < -0.39 is 0 Å². The number of nitrogens with zero attached hydrogens (tertiary/aromatic N) is 2. The van der Waals surface area contributed by atoms with Crippen molar-refractivity contribution >= 4 is 21.8 Å². The standard InChI is InChI=1S/C26H32N2/c1-23(2)13-25(5,6)21-15-9-16-20(10-19(15)27-11-17(21)23)28-12-18-22(16)26(7,8)14-24(18,3)4/h9-12H,13-14H2,1-8H3. The van der Waals surface area contributed by atoms with Gasteiger partial charge in [-0.15, -0.1) is 0 Å². The maximum Gasteiger partial charge on any atom is 0.0727 e. The van der Waals surface area contributed by atoms with E-state index in [1.54, 1.807) is 0 Å². The number of pyridine rings is 2. The molecule has 2 heteroatoms. The third-order valence-corrected chi connectivity index (χ3v) is 7.44. The van der Waals surface area contributed by atoms with E-state index in [9.17, 15) is 0 Å². The molecule has 0 unspecified atom stereocenters. The Kier molecular flexibility index (Phi) is 3.20. The first-order valence-electron chi connectivity index (χ1n) is 10.6. The Labute approximate surface area is 168 Å². The number of hydrogen-bond acceptors (Lipinski definition) is 2. The van der Waals surface area contributed by atoms with Crippen molar-refractivity contribution < 1.29 is 0 Å². The van der Waals surface area contributed by atoms with Crippen molar-refractivity contribution in [2.75, 3.05) is 0 Å². The van der Waals surface area contributed by atoms with Gasteiger partial charge in [-0.25, -0.2) is 0 Å². The fourth-order valence-electron chi connectivity index (χ4n) is 6.94. The summed E-state index contributed by atoms with van der Waals surface area (Å²) in [6.07, 6.45) is 6.58. The van der Waals surface area contributed by atoms with E-state index in [0.29, 0.717) is 0 Å². The Morgan fingerprint density at radius 1 is 0.571 bits per heavy atom. The molecule has 0 aliphatic heterocycles. The molecule has 146 valence electrons. The van der Waals surface area contributed by atoms with Crippen LogP contribution in [0.1, 0.15) is 90.5 Å². The second-order valence-electron chi connectivity index (χ2n) is 11.9. The summed E-state index contributed by atoms with van der Waals surface area (Å²) in [6.45, 7) is 19.0. The number of fused-ring (bicyclic) bond motifs is 6. The highest BCUT2D eigenvalue weighted by Crippen LogP contribution is 2.54. The zero-order valence-corrected chi connectivity index (χ0v) is 18.6. The summed E-state index contributed by atoms with van der Waals surface area (Å²) < 4.78 is 0. The highest BCUT2D eigenvalue weighted by atomic mass is 14.7. The Bertz CT molecular complexity index is 1070. The van der Waals surface area contributed by atoms with E-state index in [1.165, 1.54) is 33.0 Å². The van der Waals surface area contributed by atoms with Gasteiger partial charge in [0, 0.05) is 23.2 Å². The molecule has 0 saturated heterocycles. The van der Waals surface area contributed by atoms with Crippen LogP contribution in [0.5, 0.6) is 0 Å². The number of hydrogen-bond donors (Lipinski definition) is 0. The Morgan fingerprint density at radius 2 is 0.964 bits per heavy atom. The van der Waals surface area contributed by atoms with Crippen LogP contribution in [-0.4, -0.2) is 9.97 Å². The van der Waals surface area contributed by atoms with Gasteiger partial charge < -0.3 is 0 Å².